The van der Waals surface area contributed by atoms with Crippen LogP contribution in [0.1, 0.15) is 32.3 Å². The fraction of sp³-hybridized carbons (Fsp3) is 0.409. The summed E-state index contributed by atoms with van der Waals surface area (Å²) in [6, 6.07) is 11.4. The molecule has 2 aromatic rings. The van der Waals surface area contributed by atoms with E-state index in [4.69, 9.17) is 26.2 Å². The van der Waals surface area contributed by atoms with Crippen LogP contribution in [0.2, 0.25) is 5.02 Å². The molecule has 0 bridgehead atoms. The standard InChI is InChI=1S/C22H27ClN2O5S/c1-22(2)13-15(9-10-30-22)14-29-19-8-7-17(12-20(19)31(24,27)28)25-21(26)11-16-5-3-4-6-18(16)23/h3-8,12,15H,9-11,13-14H2,1-2H3,(H,25,26)(H2,24,27,28). The Morgan fingerprint density at radius 3 is 2.71 bits per heavy atom. The van der Waals surface area contributed by atoms with Crippen LogP contribution in [-0.4, -0.2) is 33.1 Å². The molecule has 0 spiro atoms. The predicted octanol–water partition coefficient (Wildman–Crippen LogP) is 3.75. The molecule has 1 atom stereocenters. The van der Waals surface area contributed by atoms with Crippen LogP contribution in [0.15, 0.2) is 47.4 Å². The van der Waals surface area contributed by atoms with E-state index in [2.05, 4.69) is 5.32 Å². The van der Waals surface area contributed by atoms with Crippen molar-refractivity contribution in [2.75, 3.05) is 18.5 Å². The molecule has 1 aliphatic rings. The number of nitrogens with two attached hydrogens (primary N) is 1. The van der Waals surface area contributed by atoms with Gasteiger partial charge >= 0.3 is 0 Å². The van der Waals surface area contributed by atoms with E-state index in [1.54, 1.807) is 30.3 Å². The van der Waals surface area contributed by atoms with Crippen LogP contribution in [0.3, 0.4) is 0 Å². The highest BCUT2D eigenvalue weighted by Crippen LogP contribution is 2.31. The lowest BCUT2D eigenvalue weighted by molar-refractivity contribution is -0.115. The molecule has 0 aliphatic carbocycles. The number of rotatable bonds is 7. The Labute approximate surface area is 187 Å². The Morgan fingerprint density at radius 1 is 1.29 bits per heavy atom. The summed E-state index contributed by atoms with van der Waals surface area (Å²) < 4.78 is 35.8. The Bertz CT molecular complexity index is 1060. The van der Waals surface area contributed by atoms with Crippen LogP contribution in [-0.2, 0) is 26.0 Å². The SMILES string of the molecule is CC1(C)CC(COc2ccc(NC(=O)Cc3ccccc3Cl)cc2S(N)(=O)=O)CCO1. The first kappa shape index (κ1) is 23.5. The molecule has 168 valence electrons. The summed E-state index contributed by atoms with van der Waals surface area (Å²) in [7, 11) is -4.06. The van der Waals surface area contributed by atoms with Gasteiger partial charge in [-0.3, -0.25) is 4.79 Å². The number of benzene rings is 2. The molecule has 0 radical (unpaired) electrons. The van der Waals surface area contributed by atoms with Crippen LogP contribution in [0, 0.1) is 5.92 Å². The van der Waals surface area contributed by atoms with E-state index in [1.165, 1.54) is 12.1 Å². The maximum Gasteiger partial charge on any atom is 0.241 e. The fourth-order valence-corrected chi connectivity index (χ4v) is 4.56. The minimum Gasteiger partial charge on any atom is -0.492 e. The van der Waals surface area contributed by atoms with Crippen LogP contribution >= 0.6 is 11.6 Å². The van der Waals surface area contributed by atoms with Gasteiger partial charge < -0.3 is 14.8 Å². The molecule has 31 heavy (non-hydrogen) atoms. The highest BCUT2D eigenvalue weighted by molar-refractivity contribution is 7.89. The molecule has 1 fully saturated rings. The van der Waals surface area contributed by atoms with Gasteiger partial charge in [-0.15, -0.1) is 0 Å². The molecule has 0 aromatic heterocycles. The third-order valence-corrected chi connectivity index (χ3v) is 6.42. The second-order valence-corrected chi connectivity index (χ2v) is 10.2. The summed E-state index contributed by atoms with van der Waals surface area (Å²) in [5.74, 6) is 0.0783. The first-order chi connectivity index (χ1) is 14.5. The Hall–Kier alpha value is -2.13. The van der Waals surface area contributed by atoms with Crippen LogP contribution < -0.4 is 15.2 Å². The number of hydrogen-bond donors (Lipinski definition) is 2. The van der Waals surface area contributed by atoms with Crippen molar-refractivity contribution >= 4 is 33.2 Å². The van der Waals surface area contributed by atoms with Crippen molar-refractivity contribution in [1.29, 1.82) is 0 Å². The van der Waals surface area contributed by atoms with Crippen molar-refractivity contribution in [2.24, 2.45) is 11.1 Å². The number of hydrogen-bond acceptors (Lipinski definition) is 5. The van der Waals surface area contributed by atoms with E-state index in [-0.39, 0.29) is 34.5 Å². The Kier molecular flexibility index (Phi) is 7.26. The average molecular weight is 467 g/mol. The van der Waals surface area contributed by atoms with E-state index in [0.29, 0.717) is 29.5 Å². The van der Waals surface area contributed by atoms with Crippen LogP contribution in [0.25, 0.3) is 0 Å². The molecule has 3 N–H and O–H groups in total. The number of nitrogens with one attached hydrogen (secondary N) is 1. The number of halogens is 1. The summed E-state index contributed by atoms with van der Waals surface area (Å²) in [6.45, 7) is 5.04. The largest absolute Gasteiger partial charge is 0.492 e. The van der Waals surface area contributed by atoms with Gasteiger partial charge in [0.25, 0.3) is 0 Å². The lowest BCUT2D eigenvalue weighted by atomic mass is 9.89. The van der Waals surface area contributed by atoms with Gasteiger partial charge in [0.2, 0.25) is 15.9 Å². The van der Waals surface area contributed by atoms with Gasteiger partial charge in [-0.05, 0) is 62.4 Å². The maximum atomic E-state index is 12.4. The minimum absolute atomic E-state index is 0.0577. The van der Waals surface area contributed by atoms with Gasteiger partial charge in [0.1, 0.15) is 10.6 Å². The van der Waals surface area contributed by atoms with E-state index in [9.17, 15) is 13.2 Å². The topological polar surface area (TPSA) is 108 Å². The van der Waals surface area contributed by atoms with Crippen molar-refractivity contribution in [2.45, 2.75) is 43.6 Å². The third kappa shape index (κ3) is 6.67. The first-order valence-electron chi connectivity index (χ1n) is 10.0. The highest BCUT2D eigenvalue weighted by Gasteiger charge is 2.29. The van der Waals surface area contributed by atoms with Crippen LogP contribution in [0.5, 0.6) is 5.75 Å². The van der Waals surface area contributed by atoms with E-state index in [1.807, 2.05) is 13.8 Å². The number of amides is 1. The van der Waals surface area contributed by atoms with Gasteiger partial charge in [0, 0.05) is 17.3 Å². The normalized spacial score (nSPS) is 18.4. The molecule has 3 rings (SSSR count). The van der Waals surface area contributed by atoms with Gasteiger partial charge in [-0.25, -0.2) is 13.6 Å². The lowest BCUT2D eigenvalue weighted by Crippen LogP contribution is -2.36. The number of sulfonamides is 1. The van der Waals surface area contributed by atoms with E-state index in [0.717, 1.165) is 12.8 Å². The molecule has 2 aromatic carbocycles. The highest BCUT2D eigenvalue weighted by atomic mass is 35.5. The molecule has 9 heteroatoms. The molecule has 7 nitrogen and oxygen atoms in total. The molecule has 1 saturated heterocycles. The number of anilines is 1. The zero-order chi connectivity index (χ0) is 22.6. The van der Waals surface area contributed by atoms with Gasteiger partial charge in [0.05, 0.1) is 18.6 Å². The zero-order valence-corrected chi connectivity index (χ0v) is 19.1. The second-order valence-electron chi connectivity index (χ2n) is 8.30. The number of carbonyl (C=O) groups excluding carboxylic acids is 1. The van der Waals surface area contributed by atoms with Crippen LogP contribution in [0.4, 0.5) is 5.69 Å². The second kappa shape index (κ2) is 9.56. The van der Waals surface area contributed by atoms with Crippen molar-refractivity contribution in [3.8, 4) is 5.75 Å². The van der Waals surface area contributed by atoms with Gasteiger partial charge in [-0.1, -0.05) is 29.8 Å². The monoisotopic (exact) mass is 466 g/mol. The third-order valence-electron chi connectivity index (χ3n) is 5.12. The molecule has 1 aliphatic heterocycles. The lowest BCUT2D eigenvalue weighted by Gasteiger charge is -2.35. The molecular weight excluding hydrogens is 440 g/mol. The molecular formula is C22H27ClN2O5S. The number of primary sulfonamides is 1. The minimum atomic E-state index is -4.06. The van der Waals surface area contributed by atoms with Crippen molar-refractivity contribution in [3.05, 3.63) is 53.1 Å². The number of ether oxygens (including phenoxy) is 2. The summed E-state index contributed by atoms with van der Waals surface area (Å²) in [5, 5.41) is 8.57. The fourth-order valence-electron chi connectivity index (χ4n) is 3.66. The average Bonchev–Trinajstić information content (AvgIpc) is 2.67. The predicted molar refractivity (Wildman–Crippen MR) is 120 cm³/mol. The Morgan fingerprint density at radius 2 is 2.03 bits per heavy atom. The summed E-state index contributed by atoms with van der Waals surface area (Å²) in [6.07, 6.45) is 1.71. The van der Waals surface area contributed by atoms with E-state index >= 15 is 0 Å². The van der Waals surface area contributed by atoms with Gasteiger partial charge in [0.15, 0.2) is 0 Å². The van der Waals surface area contributed by atoms with E-state index < -0.39 is 10.0 Å². The summed E-state index contributed by atoms with van der Waals surface area (Å²) in [5.41, 5.74) is 0.749. The smallest absolute Gasteiger partial charge is 0.241 e. The van der Waals surface area contributed by atoms with Crippen molar-refractivity contribution < 1.29 is 22.7 Å². The zero-order valence-electron chi connectivity index (χ0n) is 17.6. The Balaban J connectivity index is 1.71. The quantitative estimate of drug-likeness (QED) is 0.646. The van der Waals surface area contributed by atoms with Gasteiger partial charge in [-0.2, -0.15) is 0 Å². The number of carbonyl (C=O) groups is 1. The molecule has 1 unspecified atom stereocenters. The first-order valence-corrected chi connectivity index (χ1v) is 11.9. The van der Waals surface area contributed by atoms with Crippen molar-refractivity contribution in [1.82, 2.24) is 0 Å². The molecule has 1 amide bonds. The van der Waals surface area contributed by atoms with Crippen molar-refractivity contribution in [3.63, 3.8) is 0 Å². The summed E-state index contributed by atoms with van der Waals surface area (Å²) >= 11 is 6.09. The molecule has 0 saturated carbocycles. The summed E-state index contributed by atoms with van der Waals surface area (Å²) in [4.78, 5) is 12.2. The maximum absolute atomic E-state index is 12.4. The molecule has 1 heterocycles.